The van der Waals surface area contributed by atoms with Gasteiger partial charge in [0.2, 0.25) is 0 Å². The number of hydrogen-bond acceptors (Lipinski definition) is 2. The molecule has 0 aliphatic heterocycles. The highest BCUT2D eigenvalue weighted by atomic mass is 16.4. The van der Waals surface area contributed by atoms with Crippen LogP contribution in [-0.4, -0.2) is 16.9 Å². The van der Waals surface area contributed by atoms with Gasteiger partial charge in [-0.25, -0.2) is 0 Å². The number of hydrogen-bond donors (Lipinski definition) is 1. The van der Waals surface area contributed by atoms with Gasteiger partial charge in [-0.2, -0.15) is 0 Å². The summed E-state index contributed by atoms with van der Waals surface area (Å²) in [6, 6.07) is 0. The Hall–Kier alpha value is -1.12. The standard InChI is InChI=1S/C20H28O3/c1-19-9-7-13(21)11-12(19)3-4-14-15-5-6-17(18(22)23)20(15,2)10-8-16(14)19/h11,14-17H,3-10H2,1-2H3,(H,22,23)/t14-,15-,16-,17+,19-,20-/m0/s1/i11+2. The van der Waals surface area contributed by atoms with E-state index in [4.69, 9.17) is 0 Å². The predicted octanol–water partition coefficient (Wildman–Crippen LogP) is 4.22. The lowest BCUT2D eigenvalue weighted by Gasteiger charge is -2.57. The van der Waals surface area contributed by atoms with E-state index in [0.717, 1.165) is 44.9 Å². The van der Waals surface area contributed by atoms with E-state index >= 15 is 0 Å². The number of carboxylic acid groups (broad SMARTS) is 1. The molecule has 0 radical (unpaired) electrons. The molecule has 3 heteroatoms. The third-order valence-electron chi connectivity index (χ3n) is 8.26. The highest BCUT2D eigenvalue weighted by Crippen LogP contribution is 2.66. The van der Waals surface area contributed by atoms with Crippen molar-refractivity contribution in [3.05, 3.63) is 11.6 Å². The van der Waals surface area contributed by atoms with Crippen LogP contribution in [0.2, 0.25) is 0 Å². The van der Waals surface area contributed by atoms with Crippen molar-refractivity contribution in [1.29, 1.82) is 0 Å². The molecule has 1 N–H and O–H groups in total. The Kier molecular flexibility index (Phi) is 3.31. The zero-order valence-corrected chi connectivity index (χ0v) is 14.3. The number of carbonyl (C=O) groups is 2. The topological polar surface area (TPSA) is 54.4 Å². The quantitative estimate of drug-likeness (QED) is 0.787. The van der Waals surface area contributed by atoms with Crippen LogP contribution in [0.15, 0.2) is 11.6 Å². The summed E-state index contributed by atoms with van der Waals surface area (Å²) in [6.07, 6.45) is 9.99. The molecule has 6 atom stereocenters. The Balaban J connectivity index is 1.67. The number of allylic oxidation sites excluding steroid dienone is 1. The number of fused-ring (bicyclic) bond motifs is 5. The minimum Gasteiger partial charge on any atom is -0.481 e. The molecule has 0 spiro atoms. The van der Waals surface area contributed by atoms with Crippen molar-refractivity contribution >= 4 is 11.8 Å². The molecular formula is C20H28O3. The first-order valence-corrected chi connectivity index (χ1v) is 9.33. The van der Waals surface area contributed by atoms with E-state index in [9.17, 15) is 14.7 Å². The molecule has 0 aromatic rings. The molecule has 3 nitrogen and oxygen atoms in total. The maximum absolute atomic E-state index is 11.8. The maximum Gasteiger partial charge on any atom is 0.307 e. The molecule has 4 rings (SSSR count). The van der Waals surface area contributed by atoms with Crippen molar-refractivity contribution in [1.82, 2.24) is 0 Å². The Morgan fingerprint density at radius 3 is 2.61 bits per heavy atom. The van der Waals surface area contributed by atoms with E-state index in [0.29, 0.717) is 30.0 Å². The second-order valence-electron chi connectivity index (χ2n) is 8.98. The first-order valence-electron chi connectivity index (χ1n) is 9.33. The van der Waals surface area contributed by atoms with Crippen molar-refractivity contribution in [3.8, 4) is 0 Å². The van der Waals surface area contributed by atoms with Gasteiger partial charge in [0.25, 0.3) is 0 Å². The molecular weight excluding hydrogens is 290 g/mol. The smallest absolute Gasteiger partial charge is 0.307 e. The van der Waals surface area contributed by atoms with Crippen molar-refractivity contribution in [2.75, 3.05) is 0 Å². The number of carbonyl (C=O) groups excluding carboxylic acids is 1. The zero-order valence-electron chi connectivity index (χ0n) is 14.3. The van der Waals surface area contributed by atoms with Gasteiger partial charge in [0, 0.05) is 6.42 Å². The molecule has 0 unspecified atom stereocenters. The molecule has 3 saturated carbocycles. The van der Waals surface area contributed by atoms with Gasteiger partial charge >= 0.3 is 5.97 Å². The van der Waals surface area contributed by atoms with E-state index in [-0.39, 0.29) is 16.7 Å². The Morgan fingerprint density at radius 2 is 1.87 bits per heavy atom. The lowest BCUT2D eigenvalue weighted by Crippen LogP contribution is -2.51. The van der Waals surface area contributed by atoms with E-state index in [1.807, 2.05) is 6.08 Å². The molecule has 0 aromatic heterocycles. The number of rotatable bonds is 1. The summed E-state index contributed by atoms with van der Waals surface area (Å²) in [4.78, 5) is 23.5. The fourth-order valence-corrected chi connectivity index (χ4v) is 6.97. The van der Waals surface area contributed by atoms with Gasteiger partial charge < -0.3 is 5.11 Å². The normalized spacial score (nSPS) is 49.0. The lowest BCUT2D eigenvalue weighted by atomic mass is 9.48. The summed E-state index contributed by atoms with van der Waals surface area (Å²) in [5, 5.41) is 9.63. The van der Waals surface area contributed by atoms with Crippen LogP contribution in [0.1, 0.15) is 65.2 Å². The predicted molar refractivity (Wildman–Crippen MR) is 87.8 cm³/mol. The van der Waals surface area contributed by atoms with Crippen molar-refractivity contribution in [2.24, 2.45) is 34.5 Å². The van der Waals surface area contributed by atoms with Crippen LogP contribution in [0, 0.1) is 34.5 Å². The van der Waals surface area contributed by atoms with Gasteiger partial charge in [-0.3, -0.25) is 9.59 Å². The minimum atomic E-state index is -0.584. The van der Waals surface area contributed by atoms with Crippen LogP contribution in [-0.2, 0) is 9.59 Å². The third-order valence-corrected chi connectivity index (χ3v) is 8.26. The van der Waals surface area contributed by atoms with E-state index in [1.165, 1.54) is 5.57 Å². The molecule has 126 valence electrons. The monoisotopic (exact) mass is 318 g/mol. The van der Waals surface area contributed by atoms with Crippen molar-refractivity contribution in [2.45, 2.75) is 65.2 Å². The molecule has 0 amide bonds. The molecule has 23 heavy (non-hydrogen) atoms. The Labute approximate surface area is 138 Å². The van der Waals surface area contributed by atoms with Crippen LogP contribution < -0.4 is 0 Å². The van der Waals surface area contributed by atoms with Crippen molar-refractivity contribution < 1.29 is 14.7 Å². The second-order valence-corrected chi connectivity index (χ2v) is 8.98. The summed E-state index contributed by atoms with van der Waals surface area (Å²) in [6.45, 7) is 4.63. The summed E-state index contributed by atoms with van der Waals surface area (Å²) in [7, 11) is 0. The molecule has 4 aliphatic carbocycles. The second kappa shape index (κ2) is 4.94. The van der Waals surface area contributed by atoms with Crippen LogP contribution in [0.4, 0.5) is 0 Å². The number of aliphatic carboxylic acids is 1. The Bertz CT molecular complexity index is 592. The van der Waals surface area contributed by atoms with Crippen LogP contribution in [0.25, 0.3) is 0 Å². The van der Waals surface area contributed by atoms with Gasteiger partial charge in [0.05, 0.1) is 5.92 Å². The SMILES string of the molecule is C[C@]12CC[C@H]3[C@@H](CCC4=[14CH]C(=O)CC[C@@]43C)[C@@H]1CC[C@@H]2C(=O)O. The summed E-state index contributed by atoms with van der Waals surface area (Å²) in [5.41, 5.74) is 1.58. The van der Waals surface area contributed by atoms with Crippen molar-refractivity contribution in [3.63, 3.8) is 0 Å². The van der Waals surface area contributed by atoms with Gasteiger partial charge in [-0.15, -0.1) is 0 Å². The van der Waals surface area contributed by atoms with Gasteiger partial charge in [-0.1, -0.05) is 19.4 Å². The molecule has 0 saturated heterocycles. The molecule has 4 aliphatic rings. The zero-order chi connectivity index (χ0) is 16.4. The number of carboxylic acids is 1. The molecule has 0 aromatic carbocycles. The van der Waals surface area contributed by atoms with E-state index in [2.05, 4.69) is 13.8 Å². The van der Waals surface area contributed by atoms with E-state index < -0.39 is 5.97 Å². The van der Waals surface area contributed by atoms with Crippen LogP contribution in [0.5, 0.6) is 0 Å². The number of ketones is 1. The largest absolute Gasteiger partial charge is 0.481 e. The fourth-order valence-electron chi connectivity index (χ4n) is 6.97. The Morgan fingerprint density at radius 1 is 1.09 bits per heavy atom. The first kappa shape index (κ1) is 15.4. The summed E-state index contributed by atoms with van der Waals surface area (Å²) in [5.74, 6) is 1.46. The van der Waals surface area contributed by atoms with E-state index in [1.54, 1.807) is 0 Å². The van der Waals surface area contributed by atoms with Gasteiger partial charge in [0.1, 0.15) is 0 Å². The summed E-state index contributed by atoms with van der Waals surface area (Å²) >= 11 is 0. The maximum atomic E-state index is 11.8. The van der Waals surface area contributed by atoms with Gasteiger partial charge in [0.15, 0.2) is 5.78 Å². The molecule has 0 heterocycles. The first-order chi connectivity index (χ1) is 10.9. The summed E-state index contributed by atoms with van der Waals surface area (Å²) < 4.78 is 0. The van der Waals surface area contributed by atoms with Gasteiger partial charge in [-0.05, 0) is 79.6 Å². The highest BCUT2D eigenvalue weighted by molar-refractivity contribution is 5.91. The third kappa shape index (κ3) is 2.01. The highest BCUT2D eigenvalue weighted by Gasteiger charge is 2.60. The lowest BCUT2D eigenvalue weighted by molar-refractivity contribution is -0.149. The van der Waals surface area contributed by atoms with Crippen LogP contribution >= 0.6 is 0 Å². The fraction of sp³-hybridized carbons (Fsp3) is 0.800. The molecule has 3 fully saturated rings. The average Bonchev–Trinajstić information content (AvgIpc) is 2.85. The minimum absolute atomic E-state index is 0.00490. The molecule has 0 bridgehead atoms. The van der Waals surface area contributed by atoms with Crippen LogP contribution in [0.3, 0.4) is 0 Å². The average molecular weight is 318 g/mol.